The van der Waals surface area contributed by atoms with Crippen molar-refractivity contribution in [2.45, 2.75) is 27.7 Å². The largest absolute Gasteiger partial charge is 0.310 e. The van der Waals surface area contributed by atoms with Crippen LogP contribution in [-0.4, -0.2) is 0 Å². The summed E-state index contributed by atoms with van der Waals surface area (Å²) in [4.78, 5) is 4.76. The van der Waals surface area contributed by atoms with Crippen molar-refractivity contribution in [3.05, 3.63) is 215 Å². The first-order valence-corrected chi connectivity index (χ1v) is 20.9. The predicted octanol–water partition coefficient (Wildman–Crippen LogP) is 15.8. The second-order valence-corrected chi connectivity index (χ2v) is 16.3. The number of rotatable bonds is 8. The topological polar surface area (TPSA) is 54.1 Å². The average Bonchev–Trinajstić information content (AvgIpc) is 3.31. The molecule has 0 aliphatic rings. The van der Waals surface area contributed by atoms with Crippen LogP contribution >= 0.6 is 0 Å². The standard InChI is InChI=1S/C58H42N4/c1-37-5-21-45(22-6-37)61(46-23-7-38(2)8-24-46)55-33-53(43-17-13-41(35-59)14-18-43)49-30-32-52-56(62(47-25-9-39(3)10-26-47)48-27-11-40(4)12-28-48)34-54(44-19-15-42(36-60)16-20-44)50-29-31-51(55)57(49)58(50)52/h5-34H,1-4H3. The molecule has 4 nitrogen and oxygen atoms in total. The van der Waals surface area contributed by atoms with Crippen LogP contribution in [-0.2, 0) is 0 Å². The summed E-state index contributed by atoms with van der Waals surface area (Å²) in [6.45, 7) is 8.49. The van der Waals surface area contributed by atoms with Crippen molar-refractivity contribution in [3.8, 4) is 34.4 Å². The van der Waals surface area contributed by atoms with Crippen LogP contribution in [0.3, 0.4) is 0 Å². The zero-order chi connectivity index (χ0) is 42.5. The molecule has 10 aromatic carbocycles. The third-order valence-corrected chi connectivity index (χ3v) is 12.2. The molecule has 0 aliphatic heterocycles. The fourth-order valence-corrected chi connectivity index (χ4v) is 8.88. The zero-order valence-electron chi connectivity index (χ0n) is 35.1. The molecule has 294 valence electrons. The molecule has 62 heavy (non-hydrogen) atoms. The fraction of sp³-hybridized carbons (Fsp3) is 0.0690. The number of hydrogen-bond acceptors (Lipinski definition) is 4. The minimum Gasteiger partial charge on any atom is -0.310 e. The minimum absolute atomic E-state index is 0.622. The molecule has 0 aliphatic carbocycles. The van der Waals surface area contributed by atoms with Crippen molar-refractivity contribution in [2.24, 2.45) is 0 Å². The Bertz CT molecular complexity index is 3030. The van der Waals surface area contributed by atoms with E-state index in [2.05, 4.69) is 207 Å². The van der Waals surface area contributed by atoms with E-state index in [-0.39, 0.29) is 0 Å². The van der Waals surface area contributed by atoms with E-state index in [4.69, 9.17) is 0 Å². The predicted molar refractivity (Wildman–Crippen MR) is 259 cm³/mol. The summed E-state index contributed by atoms with van der Waals surface area (Å²) in [6, 6.07) is 69.4. The first-order chi connectivity index (χ1) is 30.3. The van der Waals surface area contributed by atoms with Crippen molar-refractivity contribution in [2.75, 3.05) is 9.80 Å². The van der Waals surface area contributed by atoms with Gasteiger partial charge in [-0.15, -0.1) is 0 Å². The smallest absolute Gasteiger partial charge is 0.0991 e. The van der Waals surface area contributed by atoms with Crippen LogP contribution in [0.15, 0.2) is 182 Å². The van der Waals surface area contributed by atoms with Crippen LogP contribution in [0.2, 0.25) is 0 Å². The molecule has 0 radical (unpaired) electrons. The Labute approximate surface area is 362 Å². The third-order valence-electron chi connectivity index (χ3n) is 12.2. The van der Waals surface area contributed by atoms with E-state index in [1.165, 1.54) is 22.3 Å². The summed E-state index contributed by atoms with van der Waals surface area (Å²) >= 11 is 0. The molecule has 0 unspecified atom stereocenters. The number of anilines is 6. The first-order valence-electron chi connectivity index (χ1n) is 20.9. The Kier molecular flexibility index (Phi) is 9.48. The number of nitrogens with zero attached hydrogens (tertiary/aromatic N) is 4. The summed E-state index contributed by atoms with van der Waals surface area (Å²) in [5.74, 6) is 0. The summed E-state index contributed by atoms with van der Waals surface area (Å²) in [7, 11) is 0. The summed E-state index contributed by atoms with van der Waals surface area (Å²) in [6.07, 6.45) is 0. The molecule has 0 saturated carbocycles. The lowest BCUT2D eigenvalue weighted by Gasteiger charge is -2.31. The summed E-state index contributed by atoms with van der Waals surface area (Å²) in [5, 5.41) is 26.4. The van der Waals surface area contributed by atoms with Crippen LogP contribution in [0.5, 0.6) is 0 Å². The van der Waals surface area contributed by atoms with Gasteiger partial charge in [0.25, 0.3) is 0 Å². The monoisotopic (exact) mass is 794 g/mol. The fourth-order valence-electron chi connectivity index (χ4n) is 8.88. The Hall–Kier alpha value is -8.18. The highest BCUT2D eigenvalue weighted by Crippen LogP contribution is 2.52. The van der Waals surface area contributed by atoms with Crippen molar-refractivity contribution in [1.29, 1.82) is 10.5 Å². The van der Waals surface area contributed by atoms with Gasteiger partial charge in [-0.3, -0.25) is 0 Å². The molecule has 0 amide bonds. The number of aryl methyl sites for hydroxylation is 4. The molecule has 0 saturated heterocycles. The Morgan fingerprint density at radius 1 is 0.323 bits per heavy atom. The molecule has 0 spiro atoms. The average molecular weight is 795 g/mol. The lowest BCUT2D eigenvalue weighted by molar-refractivity contribution is 1.28. The van der Waals surface area contributed by atoms with Crippen molar-refractivity contribution >= 4 is 66.4 Å². The van der Waals surface area contributed by atoms with E-state index >= 15 is 0 Å². The molecule has 4 heteroatoms. The van der Waals surface area contributed by atoms with E-state index in [0.29, 0.717) is 11.1 Å². The van der Waals surface area contributed by atoms with Crippen LogP contribution in [0, 0.1) is 50.4 Å². The second-order valence-electron chi connectivity index (χ2n) is 16.3. The Morgan fingerprint density at radius 3 is 0.871 bits per heavy atom. The summed E-state index contributed by atoms with van der Waals surface area (Å²) < 4.78 is 0. The minimum atomic E-state index is 0.622. The molecule has 10 rings (SSSR count). The Balaban J connectivity index is 1.38. The third kappa shape index (κ3) is 6.65. The molecule has 10 aromatic rings. The molecule has 0 heterocycles. The molecular weight excluding hydrogens is 753 g/mol. The van der Waals surface area contributed by atoms with Gasteiger partial charge in [0.15, 0.2) is 0 Å². The van der Waals surface area contributed by atoms with Gasteiger partial charge in [0.1, 0.15) is 0 Å². The lowest BCUT2D eigenvalue weighted by atomic mass is 9.85. The highest BCUT2D eigenvalue weighted by Gasteiger charge is 2.26. The molecule has 0 fully saturated rings. The van der Waals surface area contributed by atoms with Gasteiger partial charge in [0.05, 0.1) is 34.6 Å². The molecular formula is C58H42N4. The van der Waals surface area contributed by atoms with Gasteiger partial charge in [-0.1, -0.05) is 119 Å². The highest BCUT2D eigenvalue weighted by atomic mass is 15.1. The summed E-state index contributed by atoms with van der Waals surface area (Å²) in [5.41, 5.74) is 16.6. The van der Waals surface area contributed by atoms with E-state index in [1.807, 2.05) is 24.3 Å². The van der Waals surface area contributed by atoms with E-state index in [1.54, 1.807) is 0 Å². The number of hydrogen-bond donors (Lipinski definition) is 0. The van der Waals surface area contributed by atoms with Gasteiger partial charge in [-0.25, -0.2) is 0 Å². The van der Waals surface area contributed by atoms with Gasteiger partial charge < -0.3 is 9.80 Å². The van der Waals surface area contributed by atoms with Gasteiger partial charge in [-0.05, 0) is 146 Å². The maximum absolute atomic E-state index is 9.80. The number of benzene rings is 10. The molecule has 0 N–H and O–H groups in total. The highest BCUT2D eigenvalue weighted by molar-refractivity contribution is 6.32. The van der Waals surface area contributed by atoms with Crippen LogP contribution in [0.4, 0.5) is 34.1 Å². The molecule has 0 aromatic heterocycles. The van der Waals surface area contributed by atoms with Crippen LogP contribution < -0.4 is 9.80 Å². The molecule has 0 bridgehead atoms. The lowest BCUT2D eigenvalue weighted by Crippen LogP contribution is -2.12. The SMILES string of the molecule is Cc1ccc(N(c2ccc(C)cc2)c2cc(-c3ccc(C#N)cc3)c3ccc4c(N(c5ccc(C)cc5)c5ccc(C)cc5)cc(-c5ccc(C#N)cc5)c5ccc2c3c54)cc1. The molecule has 0 atom stereocenters. The Morgan fingerprint density at radius 2 is 0.597 bits per heavy atom. The van der Waals surface area contributed by atoms with Crippen molar-refractivity contribution in [3.63, 3.8) is 0 Å². The van der Waals surface area contributed by atoms with Crippen molar-refractivity contribution in [1.82, 2.24) is 0 Å². The van der Waals surface area contributed by atoms with Crippen LogP contribution in [0.25, 0.3) is 54.6 Å². The number of nitriles is 2. The van der Waals surface area contributed by atoms with Crippen molar-refractivity contribution < 1.29 is 0 Å². The quantitative estimate of drug-likeness (QED) is 0.144. The van der Waals surface area contributed by atoms with E-state index in [0.717, 1.165) is 88.7 Å². The van der Waals surface area contributed by atoms with Gasteiger partial charge in [0, 0.05) is 44.3 Å². The van der Waals surface area contributed by atoms with Gasteiger partial charge in [-0.2, -0.15) is 10.5 Å². The van der Waals surface area contributed by atoms with E-state index < -0.39 is 0 Å². The van der Waals surface area contributed by atoms with E-state index in [9.17, 15) is 10.5 Å². The van der Waals surface area contributed by atoms with Gasteiger partial charge in [0.2, 0.25) is 0 Å². The normalized spacial score (nSPS) is 11.2. The second kappa shape index (κ2) is 15.4. The van der Waals surface area contributed by atoms with Gasteiger partial charge >= 0.3 is 0 Å². The maximum Gasteiger partial charge on any atom is 0.0991 e. The van der Waals surface area contributed by atoms with Crippen LogP contribution in [0.1, 0.15) is 33.4 Å². The maximum atomic E-state index is 9.80. The zero-order valence-corrected chi connectivity index (χ0v) is 35.1. The first kappa shape index (κ1) is 38.0.